The molecule has 4 fully saturated rings. The van der Waals surface area contributed by atoms with E-state index in [0.717, 1.165) is 37.0 Å². The third-order valence-corrected chi connectivity index (χ3v) is 7.18. The maximum atomic E-state index is 12.5. The molecule has 6 heteroatoms. The molecule has 0 heterocycles. The largest absolute Gasteiger partial charge is 0.497 e. The molecule has 5 rings (SSSR count). The van der Waals surface area contributed by atoms with Gasteiger partial charge in [0.1, 0.15) is 12.3 Å². The molecular formula is C24H31NO5. The van der Waals surface area contributed by atoms with Crippen molar-refractivity contribution in [3.63, 3.8) is 0 Å². The summed E-state index contributed by atoms with van der Waals surface area (Å²) < 4.78 is 10.3. The zero-order valence-electron chi connectivity index (χ0n) is 17.8. The van der Waals surface area contributed by atoms with Gasteiger partial charge in [0.05, 0.1) is 7.11 Å². The van der Waals surface area contributed by atoms with E-state index >= 15 is 0 Å². The average Bonchev–Trinajstić information content (AvgIpc) is 2.70. The standard InChI is InChI=1S/C24H31NO5/c1-15(23(28)19-3-5-20(29-2)6-4-19)30-22(27)14-25-21(26)13-24-10-16-7-17(11-24)9-18(8-16)12-24/h3-6,15-18H,7-14H2,1-2H3,(H,25,26). The van der Waals surface area contributed by atoms with E-state index in [4.69, 9.17) is 9.47 Å². The lowest BCUT2D eigenvalue weighted by Crippen LogP contribution is -2.48. The molecule has 1 aromatic rings. The number of methoxy groups -OCH3 is 1. The summed E-state index contributed by atoms with van der Waals surface area (Å²) in [6, 6.07) is 6.65. The highest BCUT2D eigenvalue weighted by molar-refractivity contribution is 6.00. The van der Waals surface area contributed by atoms with Gasteiger partial charge in [-0.05, 0) is 92.9 Å². The minimum absolute atomic E-state index is 0.0805. The lowest BCUT2D eigenvalue weighted by Gasteiger charge is -2.56. The van der Waals surface area contributed by atoms with Crippen molar-refractivity contribution in [1.29, 1.82) is 0 Å². The maximum absolute atomic E-state index is 12.5. The van der Waals surface area contributed by atoms with Crippen LogP contribution >= 0.6 is 0 Å². The van der Waals surface area contributed by atoms with E-state index in [2.05, 4.69) is 5.32 Å². The Morgan fingerprint density at radius 3 is 2.13 bits per heavy atom. The van der Waals surface area contributed by atoms with Gasteiger partial charge in [-0.3, -0.25) is 14.4 Å². The van der Waals surface area contributed by atoms with Crippen LogP contribution in [0.25, 0.3) is 0 Å². The summed E-state index contributed by atoms with van der Waals surface area (Å²) in [6.07, 6.45) is 7.09. The number of carbonyl (C=O) groups is 3. The highest BCUT2D eigenvalue weighted by Crippen LogP contribution is 2.61. The monoisotopic (exact) mass is 413 g/mol. The molecule has 30 heavy (non-hydrogen) atoms. The first-order valence-corrected chi connectivity index (χ1v) is 11.0. The van der Waals surface area contributed by atoms with Gasteiger partial charge in [-0.15, -0.1) is 0 Å². The van der Waals surface area contributed by atoms with Crippen molar-refractivity contribution in [2.45, 2.75) is 58.0 Å². The number of Topliss-reactive ketones (excluding diaryl/α,β-unsaturated/α-hetero) is 1. The first kappa shape index (κ1) is 20.9. The van der Waals surface area contributed by atoms with Crippen LogP contribution < -0.4 is 10.1 Å². The molecule has 4 aliphatic carbocycles. The Hall–Kier alpha value is -2.37. The number of amides is 1. The summed E-state index contributed by atoms with van der Waals surface area (Å²) in [5, 5.41) is 2.72. The summed E-state index contributed by atoms with van der Waals surface area (Å²) in [6.45, 7) is 1.34. The van der Waals surface area contributed by atoms with E-state index in [1.54, 1.807) is 38.3 Å². The molecule has 0 saturated heterocycles. The fraction of sp³-hybridized carbons (Fsp3) is 0.625. The predicted octanol–water partition coefficient (Wildman–Crippen LogP) is 3.53. The molecule has 1 unspecified atom stereocenters. The molecule has 1 N–H and O–H groups in total. The summed E-state index contributed by atoms with van der Waals surface area (Å²) in [5.41, 5.74) is 0.585. The minimum atomic E-state index is -0.911. The fourth-order valence-electron chi connectivity index (χ4n) is 6.36. The molecule has 162 valence electrons. The molecule has 0 aliphatic heterocycles. The predicted molar refractivity (Wildman–Crippen MR) is 111 cm³/mol. The van der Waals surface area contributed by atoms with Gasteiger partial charge in [-0.1, -0.05) is 0 Å². The lowest BCUT2D eigenvalue weighted by atomic mass is 9.49. The van der Waals surface area contributed by atoms with E-state index in [1.165, 1.54) is 19.3 Å². The molecule has 4 aliphatic rings. The second-order valence-electron chi connectivity index (χ2n) is 9.60. The number of hydrogen-bond acceptors (Lipinski definition) is 5. The van der Waals surface area contributed by atoms with E-state index in [0.29, 0.717) is 17.7 Å². The number of ether oxygens (including phenoxy) is 2. The van der Waals surface area contributed by atoms with Crippen molar-refractivity contribution >= 4 is 17.7 Å². The molecule has 0 spiro atoms. The summed E-state index contributed by atoms with van der Waals surface area (Å²) in [5.74, 6) is 2.06. The van der Waals surface area contributed by atoms with Crippen molar-refractivity contribution < 1.29 is 23.9 Å². The number of ketones is 1. The van der Waals surface area contributed by atoms with E-state index in [9.17, 15) is 14.4 Å². The van der Waals surface area contributed by atoms with Crippen molar-refractivity contribution in [1.82, 2.24) is 5.32 Å². The van der Waals surface area contributed by atoms with Gasteiger partial charge in [0.2, 0.25) is 11.7 Å². The molecule has 1 aromatic carbocycles. The number of carbonyl (C=O) groups excluding carboxylic acids is 3. The Morgan fingerprint density at radius 2 is 1.60 bits per heavy atom. The highest BCUT2D eigenvalue weighted by atomic mass is 16.5. The third kappa shape index (κ3) is 4.52. The van der Waals surface area contributed by atoms with Crippen molar-refractivity contribution in [3.8, 4) is 5.75 Å². The molecule has 0 radical (unpaired) electrons. The number of benzene rings is 1. The molecular weight excluding hydrogens is 382 g/mol. The summed E-state index contributed by atoms with van der Waals surface area (Å²) in [4.78, 5) is 37.1. The lowest BCUT2D eigenvalue weighted by molar-refractivity contribution is -0.147. The van der Waals surface area contributed by atoms with Crippen molar-refractivity contribution in [2.24, 2.45) is 23.2 Å². The van der Waals surface area contributed by atoms with Crippen LogP contribution in [0, 0.1) is 23.2 Å². The zero-order valence-corrected chi connectivity index (χ0v) is 17.8. The molecule has 4 bridgehead atoms. The van der Waals surface area contributed by atoms with E-state index < -0.39 is 12.1 Å². The van der Waals surface area contributed by atoms with E-state index in [-0.39, 0.29) is 23.7 Å². The van der Waals surface area contributed by atoms with Crippen LogP contribution in [0.15, 0.2) is 24.3 Å². The molecule has 6 nitrogen and oxygen atoms in total. The second-order valence-corrected chi connectivity index (χ2v) is 9.60. The first-order chi connectivity index (χ1) is 14.4. The molecule has 1 atom stereocenters. The molecule has 0 aromatic heterocycles. The number of hydrogen-bond donors (Lipinski definition) is 1. The van der Waals surface area contributed by atoms with Gasteiger partial charge in [0.25, 0.3) is 0 Å². The topological polar surface area (TPSA) is 81.7 Å². The van der Waals surface area contributed by atoms with Gasteiger partial charge < -0.3 is 14.8 Å². The highest BCUT2D eigenvalue weighted by Gasteiger charge is 2.51. The average molecular weight is 414 g/mol. The molecule has 4 saturated carbocycles. The van der Waals surface area contributed by atoms with Crippen molar-refractivity contribution in [3.05, 3.63) is 29.8 Å². The van der Waals surface area contributed by atoms with Gasteiger partial charge in [0.15, 0.2) is 6.10 Å². The van der Waals surface area contributed by atoms with Gasteiger partial charge in [0, 0.05) is 12.0 Å². The van der Waals surface area contributed by atoms with Gasteiger partial charge >= 0.3 is 5.97 Å². The summed E-state index contributed by atoms with van der Waals surface area (Å²) >= 11 is 0. The Bertz CT molecular complexity index is 780. The van der Waals surface area contributed by atoms with Gasteiger partial charge in [-0.25, -0.2) is 0 Å². The van der Waals surface area contributed by atoms with Crippen LogP contribution in [-0.2, 0) is 14.3 Å². The zero-order chi connectivity index (χ0) is 21.3. The smallest absolute Gasteiger partial charge is 0.326 e. The van der Waals surface area contributed by atoms with Crippen LogP contribution in [0.5, 0.6) is 5.75 Å². The van der Waals surface area contributed by atoms with Crippen LogP contribution in [0.2, 0.25) is 0 Å². The minimum Gasteiger partial charge on any atom is -0.497 e. The Kier molecular flexibility index (Phi) is 5.85. The summed E-state index contributed by atoms with van der Waals surface area (Å²) in [7, 11) is 1.55. The quantitative estimate of drug-likeness (QED) is 0.521. The Labute approximate surface area is 177 Å². The number of rotatable bonds is 8. The normalized spacial score (nSPS) is 29.9. The van der Waals surface area contributed by atoms with Crippen molar-refractivity contribution in [2.75, 3.05) is 13.7 Å². The Balaban J connectivity index is 1.23. The molecule has 1 amide bonds. The third-order valence-electron chi connectivity index (χ3n) is 7.18. The fourth-order valence-corrected chi connectivity index (χ4v) is 6.36. The SMILES string of the molecule is COc1ccc(C(=O)C(C)OC(=O)CNC(=O)CC23CC4CC(CC(C4)C2)C3)cc1. The van der Waals surface area contributed by atoms with Gasteiger partial charge in [-0.2, -0.15) is 0 Å². The van der Waals surface area contributed by atoms with Crippen LogP contribution in [0.3, 0.4) is 0 Å². The second kappa shape index (κ2) is 8.40. The maximum Gasteiger partial charge on any atom is 0.326 e. The number of nitrogens with one attached hydrogen (secondary N) is 1. The number of esters is 1. The Morgan fingerprint density at radius 1 is 1.03 bits per heavy atom. The van der Waals surface area contributed by atoms with Crippen LogP contribution in [0.1, 0.15) is 62.2 Å². The van der Waals surface area contributed by atoms with E-state index in [1.807, 2.05) is 0 Å². The first-order valence-electron chi connectivity index (χ1n) is 11.0. The van der Waals surface area contributed by atoms with Crippen LogP contribution in [-0.4, -0.2) is 37.4 Å². The van der Waals surface area contributed by atoms with Crippen LogP contribution in [0.4, 0.5) is 0 Å².